The number of benzene rings is 1. The molecule has 5 heteroatoms. The minimum absolute atomic E-state index is 0.412. The van der Waals surface area contributed by atoms with Crippen molar-refractivity contribution in [2.24, 2.45) is 0 Å². The van der Waals surface area contributed by atoms with Crippen molar-refractivity contribution in [2.75, 3.05) is 6.61 Å². The van der Waals surface area contributed by atoms with E-state index in [2.05, 4.69) is 4.98 Å². The number of carbonyl (C=O) groups is 1. The monoisotopic (exact) mass is 285 g/mol. The molecule has 0 spiro atoms. The number of ether oxygens (including phenoxy) is 2. The maximum absolute atomic E-state index is 10.4. The predicted octanol–water partition coefficient (Wildman–Crippen LogP) is 3.37. The zero-order chi connectivity index (χ0) is 15.1. The van der Waals surface area contributed by atoms with Crippen molar-refractivity contribution in [3.05, 3.63) is 54.2 Å². The highest BCUT2D eigenvalue weighted by molar-refractivity contribution is 5.85. The molecule has 1 aromatic heterocycles. The lowest BCUT2D eigenvalue weighted by atomic mass is 10.2. The molecule has 0 saturated carbocycles. The topological polar surface area (TPSA) is 68.7 Å². The smallest absolute Gasteiger partial charge is 0.328 e. The van der Waals surface area contributed by atoms with E-state index in [0.717, 1.165) is 6.08 Å². The quantitative estimate of drug-likeness (QED) is 0.824. The van der Waals surface area contributed by atoms with Crippen LogP contribution in [0.15, 0.2) is 48.7 Å². The fourth-order valence-corrected chi connectivity index (χ4v) is 1.64. The zero-order valence-electron chi connectivity index (χ0n) is 11.5. The molecule has 2 aromatic rings. The van der Waals surface area contributed by atoms with E-state index in [1.165, 1.54) is 12.3 Å². The van der Waals surface area contributed by atoms with Crippen LogP contribution in [-0.4, -0.2) is 22.7 Å². The number of hydrogen-bond acceptors (Lipinski definition) is 4. The van der Waals surface area contributed by atoms with Crippen LogP contribution in [0.4, 0.5) is 0 Å². The van der Waals surface area contributed by atoms with Crippen LogP contribution in [0, 0.1) is 0 Å². The fourth-order valence-electron chi connectivity index (χ4n) is 1.64. The first kappa shape index (κ1) is 14.6. The largest absolute Gasteiger partial charge is 0.490 e. The molecule has 1 N–H and O–H groups in total. The number of nitrogens with zero attached hydrogens (tertiary/aromatic N) is 1. The molecule has 0 aliphatic carbocycles. The Bertz CT molecular complexity index is 635. The summed E-state index contributed by atoms with van der Waals surface area (Å²) in [5.41, 5.74) is 0.683. The summed E-state index contributed by atoms with van der Waals surface area (Å²) in [6.07, 6.45) is 4.06. The average molecular weight is 285 g/mol. The first-order valence-corrected chi connectivity index (χ1v) is 6.46. The molecule has 0 atom stereocenters. The van der Waals surface area contributed by atoms with E-state index in [9.17, 15) is 4.79 Å². The summed E-state index contributed by atoms with van der Waals surface area (Å²) in [5, 5.41) is 8.56. The van der Waals surface area contributed by atoms with Gasteiger partial charge in [0.2, 0.25) is 5.88 Å². The highest BCUT2D eigenvalue weighted by Gasteiger charge is 2.05. The van der Waals surface area contributed by atoms with Gasteiger partial charge in [-0.3, -0.25) is 0 Å². The molecule has 0 bridgehead atoms. The number of para-hydroxylation sites is 2. The Balaban J connectivity index is 2.12. The molecule has 0 aliphatic rings. The Hall–Kier alpha value is -2.82. The summed E-state index contributed by atoms with van der Waals surface area (Å²) in [7, 11) is 0. The van der Waals surface area contributed by atoms with Gasteiger partial charge in [-0.15, -0.1) is 0 Å². The molecule has 0 aliphatic heterocycles. The lowest BCUT2D eigenvalue weighted by Gasteiger charge is -2.10. The molecule has 0 unspecified atom stereocenters. The Labute approximate surface area is 122 Å². The molecular formula is C16H15NO4. The Morgan fingerprint density at radius 1 is 1.24 bits per heavy atom. The second-order valence-corrected chi connectivity index (χ2v) is 4.08. The lowest BCUT2D eigenvalue weighted by Crippen LogP contribution is -1.95. The van der Waals surface area contributed by atoms with E-state index in [1.54, 1.807) is 18.2 Å². The van der Waals surface area contributed by atoms with Gasteiger partial charge >= 0.3 is 5.97 Å². The summed E-state index contributed by atoms with van der Waals surface area (Å²) < 4.78 is 11.1. The molecule has 1 aromatic carbocycles. The van der Waals surface area contributed by atoms with Gasteiger partial charge in [-0.1, -0.05) is 12.1 Å². The highest BCUT2D eigenvalue weighted by Crippen LogP contribution is 2.30. The third-order valence-electron chi connectivity index (χ3n) is 2.54. The number of aromatic nitrogens is 1. The second-order valence-electron chi connectivity index (χ2n) is 4.08. The van der Waals surface area contributed by atoms with Crippen LogP contribution in [0.2, 0.25) is 0 Å². The number of hydrogen-bond donors (Lipinski definition) is 1. The van der Waals surface area contributed by atoms with E-state index in [1.807, 2.05) is 25.1 Å². The van der Waals surface area contributed by atoms with E-state index in [0.29, 0.717) is 29.5 Å². The van der Waals surface area contributed by atoms with Crippen LogP contribution in [0.5, 0.6) is 17.4 Å². The molecule has 5 nitrogen and oxygen atoms in total. The highest BCUT2D eigenvalue weighted by atomic mass is 16.5. The summed E-state index contributed by atoms with van der Waals surface area (Å²) >= 11 is 0. The van der Waals surface area contributed by atoms with E-state index in [-0.39, 0.29) is 0 Å². The third kappa shape index (κ3) is 4.35. The van der Waals surface area contributed by atoms with Gasteiger partial charge in [0.25, 0.3) is 0 Å². The predicted molar refractivity (Wildman–Crippen MR) is 78.6 cm³/mol. The minimum Gasteiger partial charge on any atom is -0.490 e. The summed E-state index contributed by atoms with van der Waals surface area (Å²) in [6, 6.07) is 10.7. The molecule has 0 fully saturated rings. The number of pyridine rings is 1. The number of carboxylic acids is 1. The molecule has 0 saturated heterocycles. The lowest BCUT2D eigenvalue weighted by molar-refractivity contribution is -0.131. The standard InChI is InChI=1S/C16H15NO4/c1-2-20-13-5-3-4-6-14(13)21-15-9-7-12(11-17-15)8-10-16(18)19/h3-11H,2H2,1H3,(H,18,19)/b10-8+. The van der Waals surface area contributed by atoms with Crippen LogP contribution < -0.4 is 9.47 Å². The van der Waals surface area contributed by atoms with Crippen molar-refractivity contribution in [2.45, 2.75) is 6.92 Å². The maximum atomic E-state index is 10.4. The van der Waals surface area contributed by atoms with Crippen molar-refractivity contribution < 1.29 is 19.4 Å². The van der Waals surface area contributed by atoms with Crippen molar-refractivity contribution in [1.29, 1.82) is 0 Å². The van der Waals surface area contributed by atoms with Crippen LogP contribution in [0.1, 0.15) is 12.5 Å². The van der Waals surface area contributed by atoms with Gasteiger partial charge in [-0.05, 0) is 36.8 Å². The van der Waals surface area contributed by atoms with E-state index < -0.39 is 5.97 Å². The Morgan fingerprint density at radius 3 is 2.62 bits per heavy atom. The van der Waals surface area contributed by atoms with Gasteiger partial charge in [0.1, 0.15) is 0 Å². The van der Waals surface area contributed by atoms with Gasteiger partial charge in [0, 0.05) is 18.3 Å². The first-order chi connectivity index (χ1) is 10.2. The number of rotatable bonds is 6. The summed E-state index contributed by atoms with van der Waals surface area (Å²) in [6.45, 7) is 2.45. The second kappa shape index (κ2) is 7.09. The van der Waals surface area contributed by atoms with Crippen LogP contribution in [0.3, 0.4) is 0 Å². The fraction of sp³-hybridized carbons (Fsp3) is 0.125. The van der Waals surface area contributed by atoms with Crippen molar-refractivity contribution >= 4 is 12.0 Å². The Morgan fingerprint density at radius 2 is 2.00 bits per heavy atom. The third-order valence-corrected chi connectivity index (χ3v) is 2.54. The van der Waals surface area contributed by atoms with Gasteiger partial charge < -0.3 is 14.6 Å². The molecule has 0 amide bonds. The number of carboxylic acid groups (broad SMARTS) is 1. The van der Waals surface area contributed by atoms with E-state index in [4.69, 9.17) is 14.6 Å². The molecular weight excluding hydrogens is 270 g/mol. The maximum Gasteiger partial charge on any atom is 0.328 e. The zero-order valence-corrected chi connectivity index (χ0v) is 11.5. The molecule has 21 heavy (non-hydrogen) atoms. The van der Waals surface area contributed by atoms with Crippen molar-refractivity contribution in [1.82, 2.24) is 4.98 Å². The summed E-state index contributed by atoms with van der Waals surface area (Å²) in [5.74, 6) is 0.646. The average Bonchev–Trinajstić information content (AvgIpc) is 2.49. The molecule has 1 heterocycles. The minimum atomic E-state index is -0.999. The van der Waals surface area contributed by atoms with Crippen molar-refractivity contribution in [3.63, 3.8) is 0 Å². The van der Waals surface area contributed by atoms with Gasteiger partial charge in [0.15, 0.2) is 11.5 Å². The van der Waals surface area contributed by atoms with Gasteiger partial charge in [-0.2, -0.15) is 0 Å². The van der Waals surface area contributed by atoms with Gasteiger partial charge in [0.05, 0.1) is 6.61 Å². The summed E-state index contributed by atoms with van der Waals surface area (Å²) in [4.78, 5) is 14.6. The normalized spacial score (nSPS) is 10.5. The van der Waals surface area contributed by atoms with Crippen LogP contribution in [0.25, 0.3) is 6.08 Å². The van der Waals surface area contributed by atoms with Crippen LogP contribution in [-0.2, 0) is 4.79 Å². The van der Waals surface area contributed by atoms with E-state index >= 15 is 0 Å². The molecule has 0 radical (unpaired) electrons. The number of aliphatic carboxylic acids is 1. The first-order valence-electron chi connectivity index (χ1n) is 6.46. The van der Waals surface area contributed by atoms with Gasteiger partial charge in [-0.25, -0.2) is 9.78 Å². The molecule has 2 rings (SSSR count). The Kier molecular flexibility index (Phi) is 4.93. The SMILES string of the molecule is CCOc1ccccc1Oc1ccc(/C=C/C(=O)O)cn1. The molecule has 108 valence electrons. The van der Waals surface area contributed by atoms with Crippen LogP contribution >= 0.6 is 0 Å². The van der Waals surface area contributed by atoms with Crippen molar-refractivity contribution in [3.8, 4) is 17.4 Å².